The molecule has 0 unspecified atom stereocenters. The minimum atomic E-state index is -0.233. The number of carbonyl (C=O) groups excluding carboxylic acids is 1. The van der Waals surface area contributed by atoms with Gasteiger partial charge in [-0.25, -0.2) is 0 Å². The zero-order valence-electron chi connectivity index (χ0n) is 10.3. The van der Waals surface area contributed by atoms with E-state index >= 15 is 0 Å². The number of nitrogens with zero attached hydrogens (tertiary/aromatic N) is 1. The lowest BCUT2D eigenvalue weighted by Crippen LogP contribution is -2.12. The Hall–Kier alpha value is -2.12. The Labute approximate surface area is 120 Å². The highest BCUT2D eigenvalue weighted by Crippen LogP contribution is 2.19. The molecule has 19 heavy (non-hydrogen) atoms. The van der Waals surface area contributed by atoms with Crippen molar-refractivity contribution in [2.24, 2.45) is 0 Å². The molecule has 1 amide bonds. The first kappa shape index (κ1) is 13.3. The van der Waals surface area contributed by atoms with Crippen molar-refractivity contribution in [1.29, 1.82) is 5.26 Å². The number of para-hydroxylation sites is 1. The van der Waals surface area contributed by atoms with Crippen molar-refractivity contribution in [3.63, 3.8) is 0 Å². The molecule has 2 rings (SSSR count). The average Bonchev–Trinajstić information content (AvgIpc) is 2.42. The van der Waals surface area contributed by atoms with Crippen LogP contribution in [-0.4, -0.2) is 5.91 Å². The molecule has 0 aliphatic heterocycles. The smallest absolute Gasteiger partial charge is 0.255 e. The van der Waals surface area contributed by atoms with E-state index in [0.717, 1.165) is 10.0 Å². The molecule has 2 aromatic carbocycles. The summed E-state index contributed by atoms with van der Waals surface area (Å²) in [5.74, 6) is -0.233. The Balaban J connectivity index is 2.26. The van der Waals surface area contributed by atoms with Crippen LogP contribution in [0, 0.1) is 18.3 Å². The van der Waals surface area contributed by atoms with Crippen LogP contribution >= 0.6 is 15.9 Å². The first-order valence-electron chi connectivity index (χ1n) is 5.68. The van der Waals surface area contributed by atoms with Crippen molar-refractivity contribution in [1.82, 2.24) is 0 Å². The molecule has 0 bridgehead atoms. The Morgan fingerprint density at radius 1 is 1.26 bits per heavy atom. The molecule has 2 aromatic rings. The number of rotatable bonds is 2. The molecule has 0 spiro atoms. The third-order valence-corrected chi connectivity index (χ3v) is 3.58. The van der Waals surface area contributed by atoms with Gasteiger partial charge in [0.1, 0.15) is 6.07 Å². The third kappa shape index (κ3) is 3.01. The molecular formula is C15H11BrN2O. The van der Waals surface area contributed by atoms with Crippen LogP contribution in [0.25, 0.3) is 0 Å². The molecule has 0 aliphatic rings. The largest absolute Gasteiger partial charge is 0.321 e. The number of carbonyl (C=O) groups is 1. The highest BCUT2D eigenvalue weighted by Gasteiger charge is 2.09. The summed E-state index contributed by atoms with van der Waals surface area (Å²) >= 11 is 3.40. The number of hydrogen-bond donors (Lipinski definition) is 1. The number of halogens is 1. The van der Waals surface area contributed by atoms with Crippen molar-refractivity contribution < 1.29 is 4.79 Å². The molecule has 4 heteroatoms. The van der Waals surface area contributed by atoms with Crippen LogP contribution in [0.2, 0.25) is 0 Å². The summed E-state index contributed by atoms with van der Waals surface area (Å²) in [5, 5.41) is 11.7. The molecule has 0 radical (unpaired) electrons. The van der Waals surface area contributed by atoms with Crippen molar-refractivity contribution in [3.8, 4) is 6.07 Å². The molecule has 0 saturated heterocycles. The lowest BCUT2D eigenvalue weighted by atomic mass is 10.1. The topological polar surface area (TPSA) is 52.9 Å². The van der Waals surface area contributed by atoms with Gasteiger partial charge < -0.3 is 5.32 Å². The molecule has 0 atom stereocenters. The van der Waals surface area contributed by atoms with Crippen molar-refractivity contribution in [2.75, 3.05) is 5.32 Å². The second-order valence-corrected chi connectivity index (χ2v) is 4.93. The van der Waals surface area contributed by atoms with E-state index in [1.807, 2.05) is 19.1 Å². The van der Waals surface area contributed by atoms with E-state index in [1.165, 1.54) is 0 Å². The molecule has 0 fully saturated rings. The summed E-state index contributed by atoms with van der Waals surface area (Å²) in [6, 6.07) is 14.4. The van der Waals surface area contributed by atoms with Gasteiger partial charge in [-0.3, -0.25) is 4.79 Å². The molecule has 0 saturated carbocycles. The fraction of sp³-hybridized carbons (Fsp3) is 0.0667. The van der Waals surface area contributed by atoms with Crippen LogP contribution in [-0.2, 0) is 0 Å². The van der Waals surface area contributed by atoms with E-state index in [-0.39, 0.29) is 5.91 Å². The van der Waals surface area contributed by atoms with E-state index in [4.69, 9.17) is 5.26 Å². The predicted octanol–water partition coefficient (Wildman–Crippen LogP) is 3.88. The Bertz CT molecular complexity index is 674. The van der Waals surface area contributed by atoms with Gasteiger partial charge in [0, 0.05) is 10.0 Å². The highest BCUT2D eigenvalue weighted by molar-refractivity contribution is 9.10. The van der Waals surface area contributed by atoms with Crippen LogP contribution in [0.4, 0.5) is 5.69 Å². The maximum atomic E-state index is 12.1. The van der Waals surface area contributed by atoms with Gasteiger partial charge in [0.25, 0.3) is 5.91 Å². The molecular weight excluding hydrogens is 304 g/mol. The van der Waals surface area contributed by atoms with Crippen molar-refractivity contribution in [2.45, 2.75) is 6.92 Å². The van der Waals surface area contributed by atoms with Gasteiger partial charge in [-0.15, -0.1) is 0 Å². The van der Waals surface area contributed by atoms with E-state index in [1.54, 1.807) is 36.4 Å². The fourth-order valence-electron chi connectivity index (χ4n) is 1.62. The Morgan fingerprint density at radius 2 is 2.00 bits per heavy atom. The fourth-order valence-corrected chi connectivity index (χ4v) is 2.00. The van der Waals surface area contributed by atoms with Crippen LogP contribution in [0.5, 0.6) is 0 Å². The summed E-state index contributed by atoms with van der Waals surface area (Å²) in [7, 11) is 0. The second-order valence-electron chi connectivity index (χ2n) is 4.08. The van der Waals surface area contributed by atoms with Crippen LogP contribution in [0.1, 0.15) is 21.5 Å². The first-order chi connectivity index (χ1) is 9.11. The number of nitriles is 1. The monoisotopic (exact) mass is 314 g/mol. The average molecular weight is 315 g/mol. The van der Waals surface area contributed by atoms with Gasteiger partial charge in [0.2, 0.25) is 0 Å². The summed E-state index contributed by atoms with van der Waals surface area (Å²) in [4.78, 5) is 12.1. The highest BCUT2D eigenvalue weighted by atomic mass is 79.9. The second kappa shape index (κ2) is 5.68. The number of amides is 1. The maximum Gasteiger partial charge on any atom is 0.255 e. The summed E-state index contributed by atoms with van der Waals surface area (Å²) in [5.41, 5.74) is 2.58. The number of hydrogen-bond acceptors (Lipinski definition) is 2. The number of aryl methyl sites for hydroxylation is 1. The van der Waals surface area contributed by atoms with Crippen LogP contribution in [0.3, 0.4) is 0 Å². The normalized spacial score (nSPS) is 9.74. The molecule has 0 aromatic heterocycles. The van der Waals surface area contributed by atoms with Gasteiger partial charge in [0.15, 0.2) is 0 Å². The van der Waals surface area contributed by atoms with E-state index in [9.17, 15) is 4.79 Å². The molecule has 1 N–H and O–H groups in total. The lowest BCUT2D eigenvalue weighted by Gasteiger charge is -2.07. The summed E-state index contributed by atoms with van der Waals surface area (Å²) in [6.45, 7) is 1.96. The zero-order chi connectivity index (χ0) is 13.8. The number of benzene rings is 2. The summed E-state index contributed by atoms with van der Waals surface area (Å²) in [6.07, 6.45) is 0. The molecule has 94 valence electrons. The predicted molar refractivity (Wildman–Crippen MR) is 78.0 cm³/mol. The van der Waals surface area contributed by atoms with Crippen molar-refractivity contribution >= 4 is 27.5 Å². The Kier molecular flexibility index (Phi) is 3.98. The minimum absolute atomic E-state index is 0.233. The van der Waals surface area contributed by atoms with Crippen molar-refractivity contribution in [3.05, 3.63) is 63.6 Å². The van der Waals surface area contributed by atoms with Gasteiger partial charge in [-0.05, 0) is 36.8 Å². The molecule has 0 heterocycles. The van der Waals surface area contributed by atoms with E-state index in [2.05, 4.69) is 21.2 Å². The molecule has 3 nitrogen and oxygen atoms in total. The summed E-state index contributed by atoms with van der Waals surface area (Å²) < 4.78 is 0.883. The van der Waals surface area contributed by atoms with Crippen LogP contribution in [0.15, 0.2) is 46.9 Å². The number of anilines is 1. The quantitative estimate of drug-likeness (QED) is 0.914. The minimum Gasteiger partial charge on any atom is -0.321 e. The standard InChI is InChI=1S/C15H11BrN2O/c1-10-6-7-11(8-13(10)16)15(19)18-14-5-3-2-4-12(14)9-17/h2-8H,1H3,(H,18,19). The van der Waals surface area contributed by atoms with Gasteiger partial charge in [0.05, 0.1) is 11.3 Å². The SMILES string of the molecule is Cc1ccc(C(=O)Nc2ccccc2C#N)cc1Br. The van der Waals surface area contributed by atoms with E-state index in [0.29, 0.717) is 16.8 Å². The lowest BCUT2D eigenvalue weighted by molar-refractivity contribution is 0.102. The Morgan fingerprint density at radius 3 is 2.68 bits per heavy atom. The van der Waals surface area contributed by atoms with Gasteiger partial charge in [-0.2, -0.15) is 5.26 Å². The van der Waals surface area contributed by atoms with Gasteiger partial charge in [-0.1, -0.05) is 34.1 Å². The first-order valence-corrected chi connectivity index (χ1v) is 6.48. The molecule has 0 aliphatic carbocycles. The van der Waals surface area contributed by atoms with Crippen LogP contribution < -0.4 is 5.32 Å². The maximum absolute atomic E-state index is 12.1. The number of nitrogens with one attached hydrogen (secondary N) is 1. The third-order valence-electron chi connectivity index (χ3n) is 2.73. The van der Waals surface area contributed by atoms with Gasteiger partial charge >= 0.3 is 0 Å². The van der Waals surface area contributed by atoms with E-state index < -0.39 is 0 Å². The zero-order valence-corrected chi connectivity index (χ0v) is 11.9.